The van der Waals surface area contributed by atoms with Gasteiger partial charge in [0.25, 0.3) is 0 Å². The first-order valence-electron chi connectivity index (χ1n) is 18.2. The van der Waals surface area contributed by atoms with Gasteiger partial charge in [-0.2, -0.15) is 0 Å². The van der Waals surface area contributed by atoms with E-state index in [1.54, 1.807) is 13.3 Å². The Morgan fingerprint density at radius 1 is 0.896 bits per heavy atom. The predicted octanol–water partition coefficient (Wildman–Crippen LogP) is 5.75. The van der Waals surface area contributed by atoms with Crippen LogP contribution in [0.5, 0.6) is 5.75 Å². The molecule has 1 amide bonds. The summed E-state index contributed by atoms with van der Waals surface area (Å²) in [5, 5.41) is 0. The number of pyridine rings is 1. The zero-order chi connectivity index (χ0) is 33.6. The molecule has 48 heavy (non-hydrogen) atoms. The molecule has 3 aromatic rings. The smallest absolute Gasteiger partial charge is 0.232 e. The molecule has 2 aliphatic heterocycles. The number of aromatic nitrogens is 1. The lowest BCUT2D eigenvalue weighted by Gasteiger charge is -2.38. The van der Waals surface area contributed by atoms with E-state index in [9.17, 15) is 4.79 Å². The highest BCUT2D eigenvalue weighted by atomic mass is 16.5. The van der Waals surface area contributed by atoms with E-state index in [1.807, 2.05) is 48.7 Å². The number of hydrogen-bond acceptors (Lipinski definition) is 7. The number of rotatable bonds is 19. The van der Waals surface area contributed by atoms with Crippen LogP contribution in [0.15, 0.2) is 79.1 Å². The monoisotopic (exact) mass is 655 g/mol. The van der Waals surface area contributed by atoms with Crippen molar-refractivity contribution in [1.29, 1.82) is 0 Å². The molecule has 0 unspecified atom stereocenters. The first kappa shape index (κ1) is 36.0. The van der Waals surface area contributed by atoms with Crippen LogP contribution < -0.4 is 10.5 Å². The Labute approximate surface area is 288 Å². The molecule has 2 fully saturated rings. The summed E-state index contributed by atoms with van der Waals surface area (Å²) >= 11 is 0. The maximum absolute atomic E-state index is 13.3. The molecule has 2 aromatic carbocycles. The number of carbonyl (C=O) groups excluding carboxylic acids is 1. The maximum Gasteiger partial charge on any atom is 0.232 e. The molecule has 0 aliphatic carbocycles. The van der Waals surface area contributed by atoms with Crippen molar-refractivity contribution >= 4 is 5.91 Å². The molecular formula is C40H57N5O3. The van der Waals surface area contributed by atoms with Crippen molar-refractivity contribution in [1.82, 2.24) is 19.7 Å². The van der Waals surface area contributed by atoms with Gasteiger partial charge in [-0.3, -0.25) is 14.7 Å². The summed E-state index contributed by atoms with van der Waals surface area (Å²) in [7, 11) is 1.73. The van der Waals surface area contributed by atoms with Crippen molar-refractivity contribution in [3.05, 3.63) is 95.8 Å². The summed E-state index contributed by atoms with van der Waals surface area (Å²) in [6.07, 6.45) is 11.6. The minimum absolute atomic E-state index is 0.148. The van der Waals surface area contributed by atoms with E-state index in [0.29, 0.717) is 6.04 Å². The first-order valence-corrected chi connectivity index (χ1v) is 18.2. The molecule has 2 aliphatic rings. The van der Waals surface area contributed by atoms with Crippen LogP contribution in [0, 0.1) is 5.92 Å². The largest absolute Gasteiger partial charge is 0.496 e. The van der Waals surface area contributed by atoms with Gasteiger partial charge < -0.3 is 25.0 Å². The molecule has 2 N–H and O–H groups in total. The minimum atomic E-state index is -0.815. The molecule has 0 saturated carbocycles. The second-order valence-electron chi connectivity index (χ2n) is 13.5. The third kappa shape index (κ3) is 9.03. The molecule has 8 nitrogen and oxygen atoms in total. The van der Waals surface area contributed by atoms with Gasteiger partial charge in [-0.25, -0.2) is 0 Å². The van der Waals surface area contributed by atoms with Crippen LogP contribution in [-0.4, -0.2) is 97.8 Å². The van der Waals surface area contributed by atoms with Gasteiger partial charge in [0, 0.05) is 56.8 Å². The summed E-state index contributed by atoms with van der Waals surface area (Å²) in [5.74, 6) is 0.821. The molecule has 260 valence electrons. The second kappa shape index (κ2) is 18.5. The molecule has 1 aromatic heterocycles. The lowest BCUT2D eigenvalue weighted by molar-refractivity contribution is -0.123. The first-order chi connectivity index (χ1) is 23.6. The summed E-state index contributed by atoms with van der Waals surface area (Å²) < 4.78 is 11.6. The van der Waals surface area contributed by atoms with Crippen LogP contribution in [0.3, 0.4) is 0 Å². The van der Waals surface area contributed by atoms with Crippen LogP contribution in [0.4, 0.5) is 0 Å². The quantitative estimate of drug-likeness (QED) is 0.165. The number of piperidine rings is 1. The van der Waals surface area contributed by atoms with E-state index in [4.69, 9.17) is 15.2 Å². The van der Waals surface area contributed by atoms with Crippen LogP contribution in [0.1, 0.15) is 68.6 Å². The van der Waals surface area contributed by atoms with Gasteiger partial charge in [0.05, 0.1) is 7.11 Å². The van der Waals surface area contributed by atoms with Crippen molar-refractivity contribution in [3.63, 3.8) is 0 Å². The Hall–Kier alpha value is -3.30. The summed E-state index contributed by atoms with van der Waals surface area (Å²) in [6.45, 7) is 12.2. The number of methoxy groups -OCH3 is 1. The van der Waals surface area contributed by atoms with E-state index < -0.39 is 5.41 Å². The number of carbonyl (C=O) groups is 1. The molecule has 5 rings (SSSR count). The Kier molecular flexibility index (Phi) is 13.8. The Morgan fingerprint density at radius 3 is 2.21 bits per heavy atom. The van der Waals surface area contributed by atoms with Crippen LogP contribution in [0.25, 0.3) is 0 Å². The van der Waals surface area contributed by atoms with E-state index in [0.717, 1.165) is 115 Å². The molecule has 0 spiro atoms. The molecular weight excluding hydrogens is 598 g/mol. The minimum Gasteiger partial charge on any atom is -0.496 e. The highest BCUT2D eigenvalue weighted by molar-refractivity contribution is 5.91. The van der Waals surface area contributed by atoms with Gasteiger partial charge in [0.1, 0.15) is 11.2 Å². The fourth-order valence-corrected chi connectivity index (χ4v) is 8.12. The highest BCUT2D eigenvalue weighted by Crippen LogP contribution is 2.43. The Morgan fingerprint density at radius 2 is 1.56 bits per heavy atom. The van der Waals surface area contributed by atoms with Crippen molar-refractivity contribution in [3.8, 4) is 5.75 Å². The number of nitrogens with zero attached hydrogens (tertiary/aromatic N) is 4. The summed E-state index contributed by atoms with van der Waals surface area (Å²) in [6, 6.07) is 22.9. The highest BCUT2D eigenvalue weighted by Gasteiger charge is 2.49. The lowest BCUT2D eigenvalue weighted by atomic mass is 9.64. The number of primary amides is 1. The Balaban J connectivity index is 0.964. The number of benzene rings is 2. The van der Waals surface area contributed by atoms with Crippen molar-refractivity contribution in [2.45, 2.75) is 69.9 Å². The molecule has 1 atom stereocenters. The van der Waals surface area contributed by atoms with Gasteiger partial charge in [-0.05, 0) is 101 Å². The predicted molar refractivity (Wildman–Crippen MR) is 193 cm³/mol. The fourth-order valence-electron chi connectivity index (χ4n) is 8.12. The van der Waals surface area contributed by atoms with Crippen LogP contribution in [-0.2, 0) is 21.5 Å². The van der Waals surface area contributed by atoms with Crippen molar-refractivity contribution < 1.29 is 14.3 Å². The molecule has 2 saturated heterocycles. The summed E-state index contributed by atoms with van der Waals surface area (Å²) in [5.41, 5.74) is 8.62. The molecule has 3 heterocycles. The topological polar surface area (TPSA) is 84.2 Å². The number of likely N-dealkylation sites (tertiary alicyclic amines) is 2. The lowest BCUT2D eigenvalue weighted by Crippen LogP contribution is -2.49. The normalized spacial score (nSPS) is 18.0. The molecule has 0 bridgehead atoms. The summed E-state index contributed by atoms with van der Waals surface area (Å²) in [4.78, 5) is 25.3. The SMILES string of the molecule is CCN(CCCOCCCCCN1CC[C@@H](C(C(N)=O)(c2ccccc2)c2ccccc2)C1)C1CCN(Cc2cnccc2OC)CC1. The zero-order valence-corrected chi connectivity index (χ0v) is 29.3. The van der Waals surface area contributed by atoms with E-state index in [-0.39, 0.29) is 11.8 Å². The van der Waals surface area contributed by atoms with Gasteiger partial charge >= 0.3 is 0 Å². The zero-order valence-electron chi connectivity index (χ0n) is 29.3. The van der Waals surface area contributed by atoms with Gasteiger partial charge in [0.2, 0.25) is 5.91 Å². The number of ether oxygens (including phenoxy) is 2. The Bertz CT molecular complexity index is 1330. The maximum atomic E-state index is 13.3. The van der Waals surface area contributed by atoms with Gasteiger partial charge in [-0.15, -0.1) is 0 Å². The van der Waals surface area contributed by atoms with Gasteiger partial charge in [0.15, 0.2) is 0 Å². The van der Waals surface area contributed by atoms with E-state index in [1.165, 1.54) is 18.4 Å². The average Bonchev–Trinajstić information content (AvgIpc) is 3.60. The number of hydrogen-bond donors (Lipinski definition) is 1. The average molecular weight is 656 g/mol. The third-order valence-electron chi connectivity index (χ3n) is 10.7. The number of amides is 1. The standard InChI is InChI=1S/C40H57N5O3/c1-3-45(37-20-26-44(27-21-37)31-33-30-42-22-18-38(33)47-2)24-13-29-48-28-12-6-11-23-43-25-19-36(32-43)40(39(41)46,34-14-7-4-8-15-34)35-16-9-5-10-17-35/h4-5,7-10,14-18,22,30,36-37H,3,6,11-13,19-21,23-29,31-32H2,1-2H3,(H2,41,46)/t36-/m1/s1. The van der Waals surface area contributed by atoms with Gasteiger partial charge in [-0.1, -0.05) is 67.6 Å². The molecule has 8 heteroatoms. The molecule has 0 radical (unpaired) electrons. The van der Waals surface area contributed by atoms with Crippen molar-refractivity contribution in [2.75, 3.05) is 66.1 Å². The number of unbranched alkanes of at least 4 members (excludes halogenated alkanes) is 2. The second-order valence-corrected chi connectivity index (χ2v) is 13.5. The number of nitrogens with two attached hydrogens (primary N) is 1. The fraction of sp³-hybridized carbons (Fsp3) is 0.550. The van der Waals surface area contributed by atoms with Crippen LogP contribution in [0.2, 0.25) is 0 Å². The van der Waals surface area contributed by atoms with E-state index >= 15 is 0 Å². The van der Waals surface area contributed by atoms with E-state index in [2.05, 4.69) is 50.9 Å². The third-order valence-corrected chi connectivity index (χ3v) is 10.7. The van der Waals surface area contributed by atoms with Crippen molar-refractivity contribution in [2.24, 2.45) is 11.7 Å². The van der Waals surface area contributed by atoms with Crippen LogP contribution >= 0.6 is 0 Å².